The van der Waals surface area contributed by atoms with Crippen LogP contribution in [0.15, 0.2) is 82.6 Å². The minimum Gasteiger partial charge on any atom is -0.184 e. The Morgan fingerprint density at radius 1 is 0.917 bits per heavy atom. The summed E-state index contributed by atoms with van der Waals surface area (Å²) in [7, 11) is 0. The van der Waals surface area contributed by atoms with Crippen molar-refractivity contribution in [2.24, 2.45) is 15.6 Å². The monoisotopic (exact) mass is 316 g/mol. The average Bonchev–Trinajstić information content (AvgIpc) is 3.06. The van der Waals surface area contributed by atoms with E-state index >= 15 is 0 Å². The molecule has 1 aliphatic rings. The minimum absolute atomic E-state index is 0.154. The molecule has 122 valence electrons. The molecule has 2 nitrogen and oxygen atoms in total. The lowest BCUT2D eigenvalue weighted by Crippen LogP contribution is -2.08. The molecule has 0 aliphatic heterocycles. The van der Waals surface area contributed by atoms with Gasteiger partial charge < -0.3 is 0 Å². The smallest absolute Gasteiger partial charge is 0.0859 e. The molecule has 0 atom stereocenters. The first-order valence-corrected chi connectivity index (χ1v) is 8.47. The van der Waals surface area contributed by atoms with Crippen molar-refractivity contribution in [2.45, 2.75) is 33.7 Å². The van der Waals surface area contributed by atoms with E-state index in [0.717, 1.165) is 12.1 Å². The van der Waals surface area contributed by atoms with Crippen LogP contribution in [-0.2, 0) is 6.54 Å². The molecule has 1 aliphatic carbocycles. The SMILES string of the molecule is CC(C)(C)C1=C(c2ccccc2CN=Nc2ccccc2)CC=C1. The van der Waals surface area contributed by atoms with Crippen LogP contribution in [0, 0.1) is 5.41 Å². The summed E-state index contributed by atoms with van der Waals surface area (Å²) in [5.41, 5.74) is 6.44. The number of hydrogen-bond donors (Lipinski definition) is 0. The third-order valence-corrected chi connectivity index (χ3v) is 4.27. The van der Waals surface area contributed by atoms with Crippen molar-refractivity contribution in [3.05, 3.63) is 83.4 Å². The maximum absolute atomic E-state index is 4.41. The van der Waals surface area contributed by atoms with Crippen molar-refractivity contribution in [1.82, 2.24) is 0 Å². The fraction of sp³-hybridized carbons (Fsp3) is 0.273. The van der Waals surface area contributed by atoms with Crippen LogP contribution in [0.25, 0.3) is 5.57 Å². The van der Waals surface area contributed by atoms with E-state index in [1.807, 2.05) is 30.3 Å². The first-order chi connectivity index (χ1) is 11.6. The standard InChI is InChI=1S/C22H24N2/c1-22(2,3)21-15-9-14-20(21)19-13-8-7-10-17(19)16-23-24-18-11-5-4-6-12-18/h4-13,15H,14,16H2,1-3H3. The first kappa shape index (κ1) is 16.4. The van der Waals surface area contributed by atoms with Crippen molar-refractivity contribution >= 4 is 11.3 Å². The summed E-state index contributed by atoms with van der Waals surface area (Å²) in [6, 6.07) is 18.4. The van der Waals surface area contributed by atoms with Gasteiger partial charge in [-0.2, -0.15) is 10.2 Å². The van der Waals surface area contributed by atoms with E-state index < -0.39 is 0 Å². The van der Waals surface area contributed by atoms with E-state index in [2.05, 4.69) is 67.4 Å². The van der Waals surface area contributed by atoms with Crippen molar-refractivity contribution < 1.29 is 0 Å². The lowest BCUT2D eigenvalue weighted by Gasteiger charge is -2.22. The Hall–Kier alpha value is -2.48. The van der Waals surface area contributed by atoms with Crippen molar-refractivity contribution in [1.29, 1.82) is 0 Å². The molecular formula is C22H24N2. The summed E-state index contributed by atoms with van der Waals surface area (Å²) < 4.78 is 0. The van der Waals surface area contributed by atoms with Gasteiger partial charge in [-0.1, -0.05) is 75.4 Å². The molecule has 0 saturated carbocycles. The van der Waals surface area contributed by atoms with Crippen molar-refractivity contribution in [3.8, 4) is 0 Å². The zero-order chi connectivity index (χ0) is 17.0. The summed E-state index contributed by atoms with van der Waals surface area (Å²) in [6.45, 7) is 7.42. The quantitative estimate of drug-likeness (QED) is 0.559. The fourth-order valence-electron chi connectivity index (χ4n) is 3.10. The molecule has 0 radical (unpaired) electrons. The number of nitrogens with zero attached hydrogens (tertiary/aromatic N) is 2. The Bertz CT molecular complexity index is 790. The Labute approximate surface area is 144 Å². The summed E-state index contributed by atoms with van der Waals surface area (Å²) in [6.07, 6.45) is 5.54. The van der Waals surface area contributed by atoms with Crippen LogP contribution in [0.3, 0.4) is 0 Å². The Kier molecular flexibility index (Phi) is 4.75. The molecule has 0 N–H and O–H groups in total. The van der Waals surface area contributed by atoms with Gasteiger partial charge in [0, 0.05) is 0 Å². The molecule has 2 aromatic rings. The Balaban J connectivity index is 1.88. The van der Waals surface area contributed by atoms with E-state index in [1.54, 1.807) is 0 Å². The normalized spacial score (nSPS) is 14.8. The fourth-order valence-corrected chi connectivity index (χ4v) is 3.10. The zero-order valence-electron chi connectivity index (χ0n) is 14.7. The summed E-state index contributed by atoms with van der Waals surface area (Å²) >= 11 is 0. The molecule has 0 aromatic heterocycles. The van der Waals surface area contributed by atoms with Crippen molar-refractivity contribution in [3.63, 3.8) is 0 Å². The maximum atomic E-state index is 4.41. The van der Waals surface area contributed by atoms with Gasteiger partial charge in [-0.15, -0.1) is 0 Å². The minimum atomic E-state index is 0.154. The maximum Gasteiger partial charge on any atom is 0.0859 e. The van der Waals surface area contributed by atoms with Gasteiger partial charge in [0.1, 0.15) is 0 Å². The van der Waals surface area contributed by atoms with E-state index in [9.17, 15) is 0 Å². The molecule has 0 heterocycles. The third kappa shape index (κ3) is 3.70. The van der Waals surface area contributed by atoms with Gasteiger partial charge in [0.15, 0.2) is 0 Å². The third-order valence-electron chi connectivity index (χ3n) is 4.27. The Morgan fingerprint density at radius 2 is 1.62 bits per heavy atom. The van der Waals surface area contributed by atoms with Crippen LogP contribution in [0.2, 0.25) is 0 Å². The number of hydrogen-bond acceptors (Lipinski definition) is 2. The summed E-state index contributed by atoms with van der Waals surface area (Å²) in [5.74, 6) is 0. The summed E-state index contributed by atoms with van der Waals surface area (Å²) in [5, 5.41) is 8.74. The van der Waals surface area contributed by atoms with Gasteiger partial charge >= 0.3 is 0 Å². The molecule has 24 heavy (non-hydrogen) atoms. The second kappa shape index (κ2) is 6.96. The van der Waals surface area contributed by atoms with Crippen LogP contribution in [0.4, 0.5) is 5.69 Å². The van der Waals surface area contributed by atoms with E-state index in [-0.39, 0.29) is 5.41 Å². The molecule has 3 rings (SSSR count). The molecule has 0 saturated heterocycles. The molecule has 0 unspecified atom stereocenters. The van der Waals surface area contributed by atoms with Crippen LogP contribution < -0.4 is 0 Å². The van der Waals surface area contributed by atoms with Gasteiger partial charge in [-0.05, 0) is 46.2 Å². The van der Waals surface area contributed by atoms with Gasteiger partial charge in [0.25, 0.3) is 0 Å². The van der Waals surface area contributed by atoms with Crippen molar-refractivity contribution in [2.75, 3.05) is 0 Å². The largest absolute Gasteiger partial charge is 0.184 e. The molecule has 0 fully saturated rings. The molecule has 0 bridgehead atoms. The zero-order valence-corrected chi connectivity index (χ0v) is 14.7. The highest BCUT2D eigenvalue weighted by atomic mass is 15.1. The van der Waals surface area contributed by atoms with E-state index in [4.69, 9.17) is 0 Å². The highest BCUT2D eigenvalue weighted by Crippen LogP contribution is 2.40. The van der Waals surface area contributed by atoms with Crippen LogP contribution >= 0.6 is 0 Å². The molecular weight excluding hydrogens is 292 g/mol. The van der Waals surface area contributed by atoms with Crippen LogP contribution in [0.1, 0.15) is 38.3 Å². The second-order valence-corrected chi connectivity index (χ2v) is 7.14. The number of azo groups is 1. The van der Waals surface area contributed by atoms with Crippen LogP contribution in [-0.4, -0.2) is 0 Å². The Morgan fingerprint density at radius 3 is 2.38 bits per heavy atom. The highest BCUT2D eigenvalue weighted by molar-refractivity contribution is 5.77. The molecule has 2 aromatic carbocycles. The van der Waals surface area contributed by atoms with Crippen LogP contribution in [0.5, 0.6) is 0 Å². The number of benzene rings is 2. The van der Waals surface area contributed by atoms with Gasteiger partial charge in [0.05, 0.1) is 12.2 Å². The topological polar surface area (TPSA) is 24.7 Å². The average molecular weight is 316 g/mol. The highest BCUT2D eigenvalue weighted by Gasteiger charge is 2.23. The summed E-state index contributed by atoms with van der Waals surface area (Å²) in [4.78, 5) is 0. The van der Waals surface area contributed by atoms with E-state index in [0.29, 0.717) is 6.54 Å². The van der Waals surface area contributed by atoms with E-state index in [1.165, 1.54) is 22.3 Å². The number of allylic oxidation sites excluding steroid dienone is 4. The predicted molar refractivity (Wildman–Crippen MR) is 101 cm³/mol. The molecule has 0 spiro atoms. The lowest BCUT2D eigenvalue weighted by molar-refractivity contribution is 0.520. The molecule has 0 amide bonds. The van der Waals surface area contributed by atoms with Gasteiger partial charge in [0.2, 0.25) is 0 Å². The van der Waals surface area contributed by atoms with Gasteiger partial charge in [-0.25, -0.2) is 0 Å². The number of rotatable bonds is 4. The predicted octanol–water partition coefficient (Wildman–Crippen LogP) is 6.73. The first-order valence-electron chi connectivity index (χ1n) is 8.47. The van der Waals surface area contributed by atoms with Gasteiger partial charge in [-0.3, -0.25) is 0 Å². The molecule has 2 heteroatoms. The second-order valence-electron chi connectivity index (χ2n) is 7.14. The lowest BCUT2D eigenvalue weighted by atomic mass is 9.82.